The van der Waals surface area contributed by atoms with Gasteiger partial charge in [0.25, 0.3) is 0 Å². The van der Waals surface area contributed by atoms with Gasteiger partial charge in [-0.25, -0.2) is 4.67 Å². The van der Waals surface area contributed by atoms with Gasteiger partial charge in [-0.2, -0.15) is 0 Å². The SMILES string of the molecule is COc1ccc(C2C(C(=O)N(C)C)N2P(=O)(c2ccccc2)c2ccccc2)cc1. The summed E-state index contributed by atoms with van der Waals surface area (Å²) in [6.45, 7) is 0. The molecule has 0 aromatic heterocycles. The van der Waals surface area contributed by atoms with Crippen molar-refractivity contribution in [2.75, 3.05) is 21.2 Å². The van der Waals surface area contributed by atoms with Gasteiger partial charge in [-0.05, 0) is 42.0 Å². The topological polar surface area (TPSA) is 49.6 Å². The van der Waals surface area contributed by atoms with Gasteiger partial charge in [0.2, 0.25) is 13.2 Å². The number of hydrogen-bond donors (Lipinski definition) is 0. The zero-order chi connectivity index (χ0) is 21.3. The zero-order valence-electron chi connectivity index (χ0n) is 17.3. The molecule has 3 aromatic rings. The van der Waals surface area contributed by atoms with Gasteiger partial charge in [0.05, 0.1) is 13.2 Å². The van der Waals surface area contributed by atoms with Gasteiger partial charge in [-0.15, -0.1) is 0 Å². The maximum atomic E-state index is 14.8. The molecule has 1 heterocycles. The molecule has 154 valence electrons. The maximum absolute atomic E-state index is 14.8. The van der Waals surface area contributed by atoms with Gasteiger partial charge >= 0.3 is 0 Å². The molecule has 6 heteroatoms. The Balaban J connectivity index is 1.85. The summed E-state index contributed by atoms with van der Waals surface area (Å²) in [6.07, 6.45) is 0. The maximum Gasteiger partial charge on any atom is 0.241 e. The molecule has 0 aliphatic carbocycles. The Labute approximate surface area is 177 Å². The first-order valence-corrected chi connectivity index (χ1v) is 11.5. The summed E-state index contributed by atoms with van der Waals surface area (Å²) < 4.78 is 21.9. The molecule has 0 bridgehead atoms. The Kier molecular flexibility index (Phi) is 5.50. The van der Waals surface area contributed by atoms with Crippen molar-refractivity contribution < 1.29 is 14.1 Å². The molecule has 3 unspecified atom stereocenters. The van der Waals surface area contributed by atoms with E-state index >= 15 is 0 Å². The third-order valence-corrected chi connectivity index (χ3v) is 8.61. The summed E-state index contributed by atoms with van der Waals surface area (Å²) in [5.74, 6) is 0.693. The molecule has 3 atom stereocenters. The lowest BCUT2D eigenvalue weighted by atomic mass is 10.1. The summed E-state index contributed by atoms with van der Waals surface area (Å²) in [6, 6.07) is 25.8. The number of carbonyl (C=O) groups excluding carboxylic acids is 1. The minimum absolute atomic E-state index is 0.0529. The van der Waals surface area contributed by atoms with Crippen molar-refractivity contribution in [2.45, 2.75) is 12.1 Å². The molecule has 1 saturated heterocycles. The van der Waals surface area contributed by atoms with Crippen molar-refractivity contribution in [1.29, 1.82) is 0 Å². The van der Waals surface area contributed by atoms with Crippen LogP contribution in [0.5, 0.6) is 5.75 Å². The Morgan fingerprint density at radius 2 is 1.37 bits per heavy atom. The van der Waals surface area contributed by atoms with Crippen LogP contribution < -0.4 is 15.3 Å². The van der Waals surface area contributed by atoms with E-state index < -0.39 is 13.3 Å². The summed E-state index contributed by atoms with van der Waals surface area (Å²) in [7, 11) is 1.87. The number of likely N-dealkylation sites (N-methyl/N-ethyl adjacent to an activating group) is 1. The standard InChI is InChI=1S/C24H25N2O3P/c1-25(2)24(27)23-22(18-14-16-19(29-3)17-15-18)26(23)30(28,20-10-6-4-7-11-20)21-12-8-5-9-13-21/h4-17,22-23H,1-3H3. The molecule has 1 aliphatic rings. The van der Waals surface area contributed by atoms with Crippen molar-refractivity contribution >= 4 is 23.8 Å². The van der Waals surface area contributed by atoms with Crippen LogP contribution in [0.3, 0.4) is 0 Å². The van der Waals surface area contributed by atoms with Gasteiger partial charge in [-0.3, -0.25) is 9.36 Å². The van der Waals surface area contributed by atoms with Crippen LogP contribution in [-0.4, -0.2) is 42.7 Å². The van der Waals surface area contributed by atoms with Crippen LogP contribution in [0.4, 0.5) is 0 Å². The fourth-order valence-electron chi connectivity index (χ4n) is 3.89. The van der Waals surface area contributed by atoms with Crippen LogP contribution in [0, 0.1) is 0 Å². The van der Waals surface area contributed by atoms with E-state index in [1.807, 2.05) is 89.6 Å². The molecule has 1 fully saturated rings. The number of amides is 1. The summed E-state index contributed by atoms with van der Waals surface area (Å²) in [5.41, 5.74) is 0.947. The van der Waals surface area contributed by atoms with E-state index in [1.54, 1.807) is 26.1 Å². The lowest BCUT2D eigenvalue weighted by molar-refractivity contribution is -0.128. The van der Waals surface area contributed by atoms with Crippen molar-refractivity contribution in [2.24, 2.45) is 0 Å². The van der Waals surface area contributed by atoms with Gasteiger partial charge in [0, 0.05) is 24.7 Å². The predicted molar refractivity (Wildman–Crippen MR) is 120 cm³/mol. The van der Waals surface area contributed by atoms with E-state index in [2.05, 4.69) is 0 Å². The largest absolute Gasteiger partial charge is 0.497 e. The van der Waals surface area contributed by atoms with Crippen molar-refractivity contribution in [3.05, 3.63) is 90.5 Å². The fourth-order valence-corrected chi connectivity index (χ4v) is 7.00. The summed E-state index contributed by atoms with van der Waals surface area (Å²) >= 11 is 0. The first-order chi connectivity index (χ1) is 14.5. The monoisotopic (exact) mass is 420 g/mol. The number of carbonyl (C=O) groups is 1. The third kappa shape index (κ3) is 3.45. The van der Waals surface area contributed by atoms with Crippen molar-refractivity contribution in [3.8, 4) is 5.75 Å². The van der Waals surface area contributed by atoms with E-state index in [4.69, 9.17) is 4.74 Å². The molecule has 5 nitrogen and oxygen atoms in total. The average Bonchev–Trinajstić information content (AvgIpc) is 3.55. The molecular formula is C24H25N2O3P. The number of rotatable bonds is 6. The molecule has 0 N–H and O–H groups in total. The first-order valence-electron chi connectivity index (χ1n) is 9.83. The quantitative estimate of drug-likeness (QED) is 0.453. The van der Waals surface area contributed by atoms with Crippen molar-refractivity contribution in [1.82, 2.24) is 9.57 Å². The molecule has 4 rings (SSSR count). The second kappa shape index (κ2) is 8.10. The second-order valence-corrected chi connectivity index (χ2v) is 10.2. The first kappa shape index (κ1) is 20.4. The summed E-state index contributed by atoms with van der Waals surface area (Å²) in [4.78, 5) is 14.6. The number of methoxy groups -OCH3 is 1. The van der Waals surface area contributed by atoms with E-state index in [9.17, 15) is 9.36 Å². The molecule has 30 heavy (non-hydrogen) atoms. The molecule has 0 saturated carbocycles. The minimum Gasteiger partial charge on any atom is -0.497 e. The van der Waals surface area contributed by atoms with Gasteiger partial charge in [-0.1, -0.05) is 48.5 Å². The Morgan fingerprint density at radius 3 is 1.80 bits per heavy atom. The highest BCUT2D eigenvalue weighted by Crippen LogP contribution is 2.64. The van der Waals surface area contributed by atoms with E-state index in [1.165, 1.54) is 0 Å². The molecule has 0 radical (unpaired) electrons. The highest BCUT2D eigenvalue weighted by molar-refractivity contribution is 7.76. The van der Waals surface area contributed by atoms with Crippen LogP contribution in [0.25, 0.3) is 0 Å². The number of benzene rings is 3. The number of nitrogens with zero attached hydrogens (tertiary/aromatic N) is 2. The van der Waals surface area contributed by atoms with Crippen LogP contribution in [0.2, 0.25) is 0 Å². The zero-order valence-corrected chi connectivity index (χ0v) is 18.2. The molecule has 1 aliphatic heterocycles. The predicted octanol–water partition coefficient (Wildman–Crippen LogP) is 3.44. The number of ether oxygens (including phenoxy) is 1. The molecule has 0 spiro atoms. The van der Waals surface area contributed by atoms with Gasteiger partial charge in [0.1, 0.15) is 11.8 Å². The van der Waals surface area contributed by atoms with Crippen LogP contribution in [-0.2, 0) is 9.36 Å². The molecule has 1 amide bonds. The van der Waals surface area contributed by atoms with E-state index in [-0.39, 0.29) is 11.9 Å². The molecule has 3 aromatic carbocycles. The van der Waals surface area contributed by atoms with E-state index in [0.717, 1.165) is 21.9 Å². The fraction of sp³-hybridized carbons (Fsp3) is 0.208. The second-order valence-electron chi connectivity index (χ2n) is 7.52. The smallest absolute Gasteiger partial charge is 0.241 e. The lowest BCUT2D eigenvalue weighted by Gasteiger charge is -2.22. The average molecular weight is 420 g/mol. The summed E-state index contributed by atoms with van der Waals surface area (Å²) in [5, 5.41) is 1.45. The van der Waals surface area contributed by atoms with Gasteiger partial charge in [0.15, 0.2) is 0 Å². The minimum atomic E-state index is -3.22. The number of hydrogen-bond acceptors (Lipinski definition) is 3. The highest BCUT2D eigenvalue weighted by Gasteiger charge is 2.62. The lowest BCUT2D eigenvalue weighted by Crippen LogP contribution is -2.30. The Hall–Kier alpha value is -2.88. The third-order valence-electron chi connectivity index (χ3n) is 5.47. The molecular weight excluding hydrogens is 395 g/mol. The highest BCUT2D eigenvalue weighted by atomic mass is 31.2. The van der Waals surface area contributed by atoms with E-state index in [0.29, 0.717) is 0 Å². The van der Waals surface area contributed by atoms with Crippen LogP contribution in [0.1, 0.15) is 11.6 Å². The van der Waals surface area contributed by atoms with Crippen LogP contribution >= 0.6 is 7.29 Å². The normalized spacial score (nSPS) is 20.4. The van der Waals surface area contributed by atoms with Gasteiger partial charge < -0.3 is 9.64 Å². The Morgan fingerprint density at radius 1 is 0.867 bits per heavy atom. The van der Waals surface area contributed by atoms with Crippen molar-refractivity contribution in [3.63, 3.8) is 0 Å². The van der Waals surface area contributed by atoms with Crippen LogP contribution in [0.15, 0.2) is 84.9 Å². The Bertz CT molecular complexity index is 1030.